The number of ether oxygens (including phenoxy) is 1. The Morgan fingerprint density at radius 2 is 2.16 bits per heavy atom. The average molecular weight is 274 g/mol. The Labute approximate surface area is 110 Å². The smallest absolute Gasteiger partial charge is 0.422 e. The molecule has 0 bridgehead atoms. The van der Waals surface area contributed by atoms with Gasteiger partial charge in [0, 0.05) is 30.9 Å². The first-order valence-electron chi connectivity index (χ1n) is 6.24. The number of benzene rings is 1. The Hall–Kier alpha value is -1.43. The molecule has 1 aliphatic heterocycles. The van der Waals surface area contributed by atoms with Crippen LogP contribution < -0.4 is 15.4 Å². The topological polar surface area (TPSA) is 38.5 Å². The van der Waals surface area contributed by atoms with E-state index in [1.54, 1.807) is 12.1 Å². The quantitative estimate of drug-likeness (QED) is 0.920. The van der Waals surface area contributed by atoms with Gasteiger partial charge < -0.3 is 15.4 Å². The molecule has 6 heteroatoms. The number of anilines is 1. The summed E-state index contributed by atoms with van der Waals surface area (Å²) < 4.78 is 41.0. The van der Waals surface area contributed by atoms with Crippen molar-refractivity contribution in [2.75, 3.05) is 24.6 Å². The molecular weight excluding hydrogens is 257 g/mol. The molecule has 19 heavy (non-hydrogen) atoms. The minimum absolute atomic E-state index is 0.119. The third-order valence-corrected chi connectivity index (χ3v) is 3.04. The van der Waals surface area contributed by atoms with Crippen molar-refractivity contribution in [1.82, 2.24) is 0 Å². The molecule has 0 aromatic heterocycles. The van der Waals surface area contributed by atoms with E-state index in [0.29, 0.717) is 0 Å². The summed E-state index contributed by atoms with van der Waals surface area (Å²) in [7, 11) is 0. The molecule has 1 aromatic carbocycles. The Morgan fingerprint density at radius 1 is 1.37 bits per heavy atom. The number of rotatable bonds is 3. The molecule has 3 nitrogen and oxygen atoms in total. The minimum Gasteiger partial charge on any atom is -0.484 e. The maximum absolute atomic E-state index is 12.1. The zero-order valence-electron chi connectivity index (χ0n) is 10.5. The molecule has 106 valence electrons. The van der Waals surface area contributed by atoms with Crippen molar-refractivity contribution in [1.29, 1.82) is 0 Å². The van der Waals surface area contributed by atoms with E-state index in [2.05, 4.69) is 4.90 Å². The number of halogens is 3. The fourth-order valence-corrected chi connectivity index (χ4v) is 2.18. The van der Waals surface area contributed by atoms with E-state index in [1.807, 2.05) is 6.07 Å². The van der Waals surface area contributed by atoms with Crippen LogP contribution in [0.25, 0.3) is 0 Å². The van der Waals surface area contributed by atoms with E-state index < -0.39 is 12.8 Å². The predicted molar refractivity (Wildman–Crippen MR) is 67.4 cm³/mol. The first-order chi connectivity index (χ1) is 8.94. The lowest BCUT2D eigenvalue weighted by Crippen LogP contribution is -2.42. The third-order valence-electron chi connectivity index (χ3n) is 3.04. The zero-order chi connectivity index (χ0) is 13.9. The zero-order valence-corrected chi connectivity index (χ0v) is 10.5. The fourth-order valence-electron chi connectivity index (χ4n) is 2.18. The molecule has 2 rings (SSSR count). The van der Waals surface area contributed by atoms with Gasteiger partial charge in [-0.2, -0.15) is 13.2 Å². The summed E-state index contributed by atoms with van der Waals surface area (Å²) in [5.74, 6) is 0.231. The van der Waals surface area contributed by atoms with Gasteiger partial charge in [-0.3, -0.25) is 0 Å². The van der Waals surface area contributed by atoms with Crippen LogP contribution in [0.2, 0.25) is 0 Å². The molecule has 0 amide bonds. The number of nitrogens with zero attached hydrogens (tertiary/aromatic N) is 1. The molecule has 1 fully saturated rings. The van der Waals surface area contributed by atoms with Gasteiger partial charge in [-0.25, -0.2) is 0 Å². The second kappa shape index (κ2) is 5.69. The number of piperidine rings is 1. The van der Waals surface area contributed by atoms with E-state index in [0.717, 1.165) is 31.6 Å². The first-order valence-corrected chi connectivity index (χ1v) is 6.24. The maximum Gasteiger partial charge on any atom is 0.422 e. The molecule has 0 radical (unpaired) electrons. The van der Waals surface area contributed by atoms with Crippen LogP contribution in [0, 0.1) is 0 Å². The number of alkyl halides is 3. The standard InChI is InChI=1S/C13H17F3N2O/c14-13(15,16)9-19-12-5-1-4-11(7-12)18-6-2-3-10(17)8-18/h1,4-5,7,10H,2-3,6,8-9,17H2. The van der Waals surface area contributed by atoms with Crippen LogP contribution in [0.15, 0.2) is 24.3 Å². The van der Waals surface area contributed by atoms with Gasteiger partial charge in [0.2, 0.25) is 0 Å². The van der Waals surface area contributed by atoms with Crippen LogP contribution >= 0.6 is 0 Å². The van der Waals surface area contributed by atoms with Crippen molar-refractivity contribution in [2.24, 2.45) is 5.73 Å². The van der Waals surface area contributed by atoms with Crippen LogP contribution in [0.1, 0.15) is 12.8 Å². The van der Waals surface area contributed by atoms with Crippen LogP contribution in [-0.4, -0.2) is 31.9 Å². The monoisotopic (exact) mass is 274 g/mol. The van der Waals surface area contributed by atoms with Crippen LogP contribution in [0.4, 0.5) is 18.9 Å². The molecule has 1 unspecified atom stereocenters. The van der Waals surface area contributed by atoms with E-state index in [4.69, 9.17) is 10.5 Å². The predicted octanol–water partition coefficient (Wildman–Crippen LogP) is 2.56. The van der Waals surface area contributed by atoms with Crippen molar-refractivity contribution in [2.45, 2.75) is 25.1 Å². The Bertz CT molecular complexity index is 423. The van der Waals surface area contributed by atoms with Crippen molar-refractivity contribution >= 4 is 5.69 Å². The van der Waals surface area contributed by atoms with Crippen molar-refractivity contribution in [3.63, 3.8) is 0 Å². The highest BCUT2D eigenvalue weighted by molar-refractivity contribution is 5.51. The van der Waals surface area contributed by atoms with Gasteiger partial charge in [0.1, 0.15) is 5.75 Å². The second-order valence-corrected chi connectivity index (χ2v) is 4.75. The fraction of sp³-hybridized carbons (Fsp3) is 0.538. The molecule has 1 aromatic rings. The molecular formula is C13H17F3N2O. The van der Waals surface area contributed by atoms with Crippen LogP contribution in [0.5, 0.6) is 5.75 Å². The molecule has 1 aliphatic rings. The number of nitrogens with two attached hydrogens (primary N) is 1. The number of hydrogen-bond donors (Lipinski definition) is 1. The normalized spacial score (nSPS) is 20.4. The Kier molecular flexibility index (Phi) is 4.19. The lowest BCUT2D eigenvalue weighted by molar-refractivity contribution is -0.153. The molecule has 1 saturated heterocycles. The highest BCUT2D eigenvalue weighted by Gasteiger charge is 2.28. The van der Waals surface area contributed by atoms with E-state index in [1.165, 1.54) is 6.07 Å². The van der Waals surface area contributed by atoms with Gasteiger partial charge in [0.25, 0.3) is 0 Å². The maximum atomic E-state index is 12.1. The van der Waals surface area contributed by atoms with Gasteiger partial charge in [-0.15, -0.1) is 0 Å². The molecule has 0 spiro atoms. The van der Waals surface area contributed by atoms with Gasteiger partial charge in [-0.05, 0) is 25.0 Å². The van der Waals surface area contributed by atoms with Crippen LogP contribution in [-0.2, 0) is 0 Å². The summed E-state index contributed by atoms with van der Waals surface area (Å²) in [6, 6.07) is 6.83. The highest BCUT2D eigenvalue weighted by atomic mass is 19.4. The van der Waals surface area contributed by atoms with Crippen molar-refractivity contribution in [3.8, 4) is 5.75 Å². The SMILES string of the molecule is NC1CCCN(c2cccc(OCC(F)(F)F)c2)C1. The largest absolute Gasteiger partial charge is 0.484 e. The minimum atomic E-state index is -4.32. The lowest BCUT2D eigenvalue weighted by Gasteiger charge is -2.32. The molecule has 1 heterocycles. The van der Waals surface area contributed by atoms with Crippen molar-refractivity contribution < 1.29 is 17.9 Å². The van der Waals surface area contributed by atoms with E-state index >= 15 is 0 Å². The lowest BCUT2D eigenvalue weighted by atomic mass is 10.1. The van der Waals surface area contributed by atoms with Crippen molar-refractivity contribution in [3.05, 3.63) is 24.3 Å². The average Bonchev–Trinajstić information content (AvgIpc) is 2.36. The summed E-state index contributed by atoms with van der Waals surface area (Å²) in [4.78, 5) is 2.08. The molecule has 1 atom stereocenters. The van der Waals surface area contributed by atoms with Crippen LogP contribution in [0.3, 0.4) is 0 Å². The van der Waals surface area contributed by atoms with E-state index in [9.17, 15) is 13.2 Å². The van der Waals surface area contributed by atoms with Gasteiger partial charge >= 0.3 is 6.18 Å². The third kappa shape index (κ3) is 4.31. The van der Waals surface area contributed by atoms with Gasteiger partial charge in [-0.1, -0.05) is 6.07 Å². The van der Waals surface area contributed by atoms with E-state index in [-0.39, 0.29) is 11.8 Å². The first kappa shape index (κ1) is 14.0. The summed E-state index contributed by atoms with van der Waals surface area (Å²) in [6.45, 7) is 0.328. The molecule has 0 aliphatic carbocycles. The Morgan fingerprint density at radius 3 is 2.84 bits per heavy atom. The second-order valence-electron chi connectivity index (χ2n) is 4.75. The summed E-state index contributed by atoms with van der Waals surface area (Å²) >= 11 is 0. The summed E-state index contributed by atoms with van der Waals surface area (Å²) in [5.41, 5.74) is 6.75. The Balaban J connectivity index is 2.02. The highest BCUT2D eigenvalue weighted by Crippen LogP contribution is 2.25. The molecule has 0 saturated carbocycles. The summed E-state index contributed by atoms with van der Waals surface area (Å²) in [5, 5.41) is 0. The van der Waals surface area contributed by atoms with Gasteiger partial charge in [0.15, 0.2) is 6.61 Å². The number of hydrogen-bond acceptors (Lipinski definition) is 3. The van der Waals surface area contributed by atoms with Gasteiger partial charge in [0.05, 0.1) is 0 Å². The molecule has 2 N–H and O–H groups in total. The summed E-state index contributed by atoms with van der Waals surface area (Å²) in [6.07, 6.45) is -2.33.